The third kappa shape index (κ3) is 4.44. The molecule has 0 unspecified atom stereocenters. The number of carbonyl (C=O) groups excluding carboxylic acids is 1. The lowest BCUT2D eigenvalue weighted by Crippen LogP contribution is -2.39. The number of hydrogen-bond acceptors (Lipinski definition) is 3. The number of nitrogens with zero attached hydrogens (tertiary/aromatic N) is 2. The number of carbonyl (C=O) groups is 1. The molecule has 0 atom stereocenters. The molecular weight excluding hydrogens is 322 g/mol. The van der Waals surface area contributed by atoms with Crippen LogP contribution in [0.3, 0.4) is 0 Å². The Hall–Kier alpha value is -2.33. The van der Waals surface area contributed by atoms with Crippen LogP contribution in [0.5, 0.6) is 0 Å². The van der Waals surface area contributed by atoms with E-state index < -0.39 is 0 Å². The third-order valence-electron chi connectivity index (χ3n) is 5.12. The van der Waals surface area contributed by atoms with Crippen molar-refractivity contribution in [2.24, 2.45) is 0 Å². The van der Waals surface area contributed by atoms with E-state index in [2.05, 4.69) is 39.4 Å². The molecule has 3 rings (SSSR count). The van der Waals surface area contributed by atoms with Gasteiger partial charge >= 0.3 is 0 Å². The minimum absolute atomic E-state index is 0.0453. The Bertz CT molecular complexity index is 751. The van der Waals surface area contributed by atoms with Crippen molar-refractivity contribution in [3.05, 3.63) is 59.2 Å². The number of fused-ring (bicyclic) bond motifs is 1. The van der Waals surface area contributed by atoms with E-state index in [4.69, 9.17) is 0 Å². The molecule has 1 N–H and O–H groups in total. The molecule has 1 aliphatic rings. The molecule has 26 heavy (non-hydrogen) atoms. The number of rotatable bonds is 6. The topological polar surface area (TPSA) is 35.6 Å². The summed E-state index contributed by atoms with van der Waals surface area (Å²) in [6, 6.07) is 14.7. The van der Waals surface area contributed by atoms with E-state index in [0.717, 1.165) is 36.4 Å². The maximum Gasteiger partial charge on any atom is 0.238 e. The van der Waals surface area contributed by atoms with E-state index in [0.29, 0.717) is 6.54 Å². The van der Waals surface area contributed by atoms with Crippen LogP contribution in [0.2, 0.25) is 0 Å². The Labute approximate surface area is 156 Å². The first-order valence-electron chi connectivity index (χ1n) is 9.42. The molecule has 0 saturated carbocycles. The largest absolute Gasteiger partial charge is 0.370 e. The first-order valence-corrected chi connectivity index (χ1v) is 9.42. The second-order valence-corrected chi connectivity index (χ2v) is 7.27. The Morgan fingerprint density at radius 2 is 1.85 bits per heavy atom. The van der Waals surface area contributed by atoms with Gasteiger partial charge in [0.25, 0.3) is 0 Å². The summed E-state index contributed by atoms with van der Waals surface area (Å²) in [5.41, 5.74) is 5.94. The van der Waals surface area contributed by atoms with Gasteiger partial charge in [-0.2, -0.15) is 0 Å². The zero-order valence-electron chi connectivity index (χ0n) is 16.1. The number of benzene rings is 2. The first-order chi connectivity index (χ1) is 12.5. The number of para-hydroxylation sites is 2. The van der Waals surface area contributed by atoms with Crippen LogP contribution in [-0.2, 0) is 11.2 Å². The fourth-order valence-corrected chi connectivity index (χ4v) is 3.65. The van der Waals surface area contributed by atoms with Gasteiger partial charge < -0.3 is 10.2 Å². The quantitative estimate of drug-likeness (QED) is 0.863. The van der Waals surface area contributed by atoms with Crippen molar-refractivity contribution in [3.63, 3.8) is 0 Å². The van der Waals surface area contributed by atoms with Crippen LogP contribution >= 0.6 is 0 Å². The van der Waals surface area contributed by atoms with Gasteiger partial charge in [-0.3, -0.25) is 9.69 Å². The molecule has 1 heterocycles. The van der Waals surface area contributed by atoms with Gasteiger partial charge in [0.15, 0.2) is 0 Å². The zero-order valence-corrected chi connectivity index (χ0v) is 16.1. The highest BCUT2D eigenvalue weighted by Gasteiger charge is 2.17. The average Bonchev–Trinajstić information content (AvgIpc) is 2.63. The van der Waals surface area contributed by atoms with E-state index in [1.54, 1.807) is 0 Å². The average molecular weight is 351 g/mol. The second kappa shape index (κ2) is 8.37. The van der Waals surface area contributed by atoms with Gasteiger partial charge in [0.05, 0.1) is 6.54 Å². The molecule has 4 heteroatoms. The van der Waals surface area contributed by atoms with Gasteiger partial charge in [0.2, 0.25) is 5.91 Å². The molecule has 0 fully saturated rings. The van der Waals surface area contributed by atoms with Gasteiger partial charge in [0, 0.05) is 31.0 Å². The molecular formula is C22H29N3O. The number of anilines is 2. The van der Waals surface area contributed by atoms with Gasteiger partial charge in [-0.05, 0) is 56.5 Å². The molecule has 0 radical (unpaired) electrons. The molecule has 1 amide bonds. The van der Waals surface area contributed by atoms with Crippen molar-refractivity contribution < 1.29 is 4.79 Å². The van der Waals surface area contributed by atoms with Crippen LogP contribution in [0.1, 0.15) is 23.1 Å². The lowest BCUT2D eigenvalue weighted by Gasteiger charge is -2.32. The van der Waals surface area contributed by atoms with E-state index in [-0.39, 0.29) is 5.91 Å². The summed E-state index contributed by atoms with van der Waals surface area (Å²) in [6.45, 7) is 7.38. The van der Waals surface area contributed by atoms with Crippen LogP contribution in [0.15, 0.2) is 42.5 Å². The summed E-state index contributed by atoms with van der Waals surface area (Å²) in [7, 11) is 2.01. The molecule has 0 bridgehead atoms. The van der Waals surface area contributed by atoms with Crippen molar-refractivity contribution in [2.75, 3.05) is 43.4 Å². The molecule has 1 aliphatic heterocycles. The number of likely N-dealkylation sites (N-methyl/N-ethyl adjacent to an activating group) is 1. The van der Waals surface area contributed by atoms with Gasteiger partial charge in [-0.15, -0.1) is 0 Å². The van der Waals surface area contributed by atoms with Gasteiger partial charge in [-0.25, -0.2) is 0 Å². The van der Waals surface area contributed by atoms with Crippen LogP contribution in [0.25, 0.3) is 0 Å². The number of nitrogens with one attached hydrogen (secondary N) is 1. The lowest BCUT2D eigenvalue weighted by atomic mass is 10.0. The normalized spacial score (nSPS) is 13.6. The number of hydrogen-bond donors (Lipinski definition) is 1. The van der Waals surface area contributed by atoms with E-state index >= 15 is 0 Å². The maximum atomic E-state index is 12.4. The van der Waals surface area contributed by atoms with Crippen LogP contribution in [-0.4, -0.2) is 44.0 Å². The second-order valence-electron chi connectivity index (χ2n) is 7.27. The molecule has 2 aromatic carbocycles. The standard InChI is InChI=1S/C22H29N3O/c1-17-8-6-9-18(2)22(17)23-21(26)16-24(3)14-15-25-13-7-11-19-10-4-5-12-20(19)25/h4-6,8-10,12H,7,11,13-16H2,1-3H3,(H,23,26). The summed E-state index contributed by atoms with van der Waals surface area (Å²) in [5, 5.41) is 3.07. The maximum absolute atomic E-state index is 12.4. The van der Waals surface area contributed by atoms with E-state index in [1.807, 2.05) is 39.1 Å². The summed E-state index contributed by atoms with van der Waals surface area (Å²) < 4.78 is 0. The van der Waals surface area contributed by atoms with Crippen molar-refractivity contribution in [3.8, 4) is 0 Å². The third-order valence-corrected chi connectivity index (χ3v) is 5.12. The fraction of sp³-hybridized carbons (Fsp3) is 0.409. The predicted molar refractivity (Wildman–Crippen MR) is 109 cm³/mol. The van der Waals surface area contributed by atoms with Crippen LogP contribution < -0.4 is 10.2 Å². The molecule has 0 aliphatic carbocycles. The Balaban J connectivity index is 1.52. The molecule has 138 valence electrons. The van der Waals surface area contributed by atoms with Crippen molar-refractivity contribution in [1.82, 2.24) is 4.90 Å². The highest BCUT2D eigenvalue weighted by molar-refractivity contribution is 5.93. The smallest absolute Gasteiger partial charge is 0.238 e. The highest BCUT2D eigenvalue weighted by atomic mass is 16.2. The Kier molecular flexibility index (Phi) is 5.94. The van der Waals surface area contributed by atoms with Crippen molar-refractivity contribution >= 4 is 17.3 Å². The first kappa shape index (κ1) is 18.5. The minimum Gasteiger partial charge on any atom is -0.370 e. The highest BCUT2D eigenvalue weighted by Crippen LogP contribution is 2.26. The van der Waals surface area contributed by atoms with Gasteiger partial charge in [-0.1, -0.05) is 36.4 Å². The molecule has 0 saturated heterocycles. The monoisotopic (exact) mass is 351 g/mol. The van der Waals surface area contributed by atoms with E-state index in [1.165, 1.54) is 24.1 Å². The summed E-state index contributed by atoms with van der Waals surface area (Å²) >= 11 is 0. The Morgan fingerprint density at radius 1 is 1.12 bits per heavy atom. The van der Waals surface area contributed by atoms with Crippen LogP contribution in [0.4, 0.5) is 11.4 Å². The summed E-state index contributed by atoms with van der Waals surface area (Å²) in [6.07, 6.45) is 2.37. The summed E-state index contributed by atoms with van der Waals surface area (Å²) in [5.74, 6) is 0.0453. The predicted octanol–water partition coefficient (Wildman–Crippen LogP) is 3.63. The molecule has 2 aromatic rings. The van der Waals surface area contributed by atoms with E-state index in [9.17, 15) is 4.79 Å². The summed E-state index contributed by atoms with van der Waals surface area (Å²) in [4.78, 5) is 17.0. The Morgan fingerprint density at radius 3 is 2.62 bits per heavy atom. The fourth-order valence-electron chi connectivity index (χ4n) is 3.65. The zero-order chi connectivity index (χ0) is 18.5. The molecule has 0 spiro atoms. The number of aryl methyl sites for hydroxylation is 3. The SMILES string of the molecule is Cc1cccc(C)c1NC(=O)CN(C)CCN1CCCc2ccccc21. The minimum atomic E-state index is 0.0453. The molecule has 0 aromatic heterocycles. The van der Waals surface area contributed by atoms with Gasteiger partial charge in [0.1, 0.15) is 0 Å². The van der Waals surface area contributed by atoms with Crippen molar-refractivity contribution in [2.45, 2.75) is 26.7 Å². The molecule has 4 nitrogen and oxygen atoms in total. The van der Waals surface area contributed by atoms with Crippen molar-refractivity contribution in [1.29, 1.82) is 0 Å². The van der Waals surface area contributed by atoms with Crippen LogP contribution in [0, 0.1) is 13.8 Å². The lowest BCUT2D eigenvalue weighted by molar-refractivity contribution is -0.117. The number of amides is 1.